The number of halogens is 3. The molecule has 0 atom stereocenters. The second-order valence-electron chi connectivity index (χ2n) is 5.74. The molecule has 2 aromatic rings. The fourth-order valence-electron chi connectivity index (χ4n) is 2.22. The summed E-state index contributed by atoms with van der Waals surface area (Å²) in [6.07, 6.45) is -3.45. The quantitative estimate of drug-likeness (QED) is 0.666. The first-order valence-electron chi connectivity index (χ1n) is 7.78. The highest BCUT2D eigenvalue weighted by atomic mass is 32.2. The summed E-state index contributed by atoms with van der Waals surface area (Å²) < 4.78 is 63.1. The normalized spacial score (nSPS) is 11.7. The number of amides is 1. The summed E-state index contributed by atoms with van der Waals surface area (Å²) in [5, 5.41) is 5.20. The van der Waals surface area contributed by atoms with Crippen LogP contribution in [0, 0.1) is 0 Å². The number of rotatable bonds is 7. The third-order valence-electron chi connectivity index (χ3n) is 3.43. The molecule has 2 rings (SSSR count). The van der Waals surface area contributed by atoms with E-state index in [9.17, 15) is 26.4 Å². The van der Waals surface area contributed by atoms with E-state index in [0.29, 0.717) is 11.3 Å². The second kappa shape index (κ2) is 8.30. The van der Waals surface area contributed by atoms with Gasteiger partial charge in [-0.2, -0.15) is 13.2 Å². The highest BCUT2D eigenvalue weighted by molar-refractivity contribution is 7.92. The van der Waals surface area contributed by atoms with E-state index in [1.54, 1.807) is 24.3 Å². The summed E-state index contributed by atoms with van der Waals surface area (Å²) in [4.78, 5) is 11.9. The molecule has 0 aromatic heterocycles. The zero-order valence-electron chi connectivity index (χ0n) is 14.3. The maximum Gasteiger partial charge on any atom is 0.416 e. The lowest BCUT2D eigenvalue weighted by molar-refractivity contribution is -0.137. The fraction of sp³-hybridized carbons (Fsp3) is 0.235. The van der Waals surface area contributed by atoms with Crippen LogP contribution < -0.4 is 15.4 Å². The number of hydrogen-bond donors (Lipinski definition) is 3. The van der Waals surface area contributed by atoms with E-state index in [4.69, 9.17) is 0 Å². The van der Waals surface area contributed by atoms with E-state index in [1.165, 1.54) is 12.1 Å². The van der Waals surface area contributed by atoms with Crippen molar-refractivity contribution in [3.63, 3.8) is 0 Å². The predicted molar refractivity (Wildman–Crippen MR) is 96.7 cm³/mol. The maximum atomic E-state index is 12.7. The Hall–Kier alpha value is -2.75. The van der Waals surface area contributed by atoms with Crippen molar-refractivity contribution in [2.75, 3.05) is 22.8 Å². The number of para-hydroxylation sites is 1. The number of carbonyl (C=O) groups is 1. The summed E-state index contributed by atoms with van der Waals surface area (Å²) in [5.74, 6) is -0.457. The van der Waals surface area contributed by atoms with Crippen molar-refractivity contribution in [3.05, 3.63) is 59.7 Å². The van der Waals surface area contributed by atoms with Gasteiger partial charge in [0.15, 0.2) is 0 Å². The van der Waals surface area contributed by atoms with Crippen LogP contribution in [0.3, 0.4) is 0 Å². The molecule has 146 valence electrons. The fourth-order valence-corrected chi connectivity index (χ4v) is 2.82. The Labute approximate surface area is 154 Å². The molecule has 0 saturated carbocycles. The molecule has 0 bridgehead atoms. The average Bonchev–Trinajstić information content (AvgIpc) is 2.57. The first-order chi connectivity index (χ1) is 12.5. The maximum absolute atomic E-state index is 12.7. The lowest BCUT2D eigenvalue weighted by atomic mass is 10.2. The van der Waals surface area contributed by atoms with Crippen LogP contribution in [0.5, 0.6) is 0 Å². The van der Waals surface area contributed by atoms with E-state index in [2.05, 4.69) is 15.4 Å². The Morgan fingerprint density at radius 2 is 1.78 bits per heavy atom. The highest BCUT2D eigenvalue weighted by Crippen LogP contribution is 2.30. The van der Waals surface area contributed by atoms with Crippen LogP contribution >= 0.6 is 0 Å². The largest absolute Gasteiger partial charge is 0.416 e. The van der Waals surface area contributed by atoms with Gasteiger partial charge in [0, 0.05) is 12.2 Å². The van der Waals surface area contributed by atoms with E-state index < -0.39 is 27.7 Å². The van der Waals surface area contributed by atoms with Gasteiger partial charge in [0.05, 0.1) is 24.1 Å². The molecule has 2 aromatic carbocycles. The number of hydrogen-bond acceptors (Lipinski definition) is 4. The zero-order chi connectivity index (χ0) is 20.1. The average molecular weight is 401 g/mol. The highest BCUT2D eigenvalue weighted by Gasteiger charge is 2.30. The Morgan fingerprint density at radius 1 is 1.07 bits per heavy atom. The molecule has 3 N–H and O–H groups in total. The van der Waals surface area contributed by atoms with Crippen LogP contribution in [-0.2, 0) is 27.5 Å². The van der Waals surface area contributed by atoms with Crippen molar-refractivity contribution >= 4 is 27.3 Å². The van der Waals surface area contributed by atoms with E-state index in [0.717, 1.165) is 18.4 Å². The summed E-state index contributed by atoms with van der Waals surface area (Å²) in [5.41, 5.74) is 0.245. The minimum absolute atomic E-state index is 0.0573. The summed E-state index contributed by atoms with van der Waals surface area (Å²) >= 11 is 0. The van der Waals surface area contributed by atoms with Gasteiger partial charge in [-0.1, -0.05) is 24.3 Å². The third kappa shape index (κ3) is 6.81. The predicted octanol–water partition coefficient (Wildman–Crippen LogP) is 2.81. The van der Waals surface area contributed by atoms with Crippen molar-refractivity contribution in [1.29, 1.82) is 0 Å². The first-order valence-corrected chi connectivity index (χ1v) is 9.67. The smallest absolute Gasteiger partial charge is 0.376 e. The third-order valence-corrected chi connectivity index (χ3v) is 4.02. The number of nitrogens with one attached hydrogen (secondary N) is 3. The number of carbonyl (C=O) groups excluding carboxylic acids is 1. The molecular weight excluding hydrogens is 383 g/mol. The minimum Gasteiger partial charge on any atom is -0.376 e. The molecule has 0 saturated heterocycles. The molecule has 0 aliphatic rings. The van der Waals surface area contributed by atoms with Crippen LogP contribution in [0.15, 0.2) is 48.5 Å². The van der Waals surface area contributed by atoms with Crippen LogP contribution in [-0.4, -0.2) is 27.1 Å². The molecule has 10 heteroatoms. The summed E-state index contributed by atoms with van der Waals surface area (Å²) in [6, 6.07) is 11.1. The van der Waals surface area contributed by atoms with Gasteiger partial charge in [-0.15, -0.1) is 0 Å². The van der Waals surface area contributed by atoms with Crippen molar-refractivity contribution in [2.45, 2.75) is 12.7 Å². The Bertz CT molecular complexity index is 915. The molecule has 0 aliphatic carbocycles. The molecule has 1 amide bonds. The standard InChI is InChI=1S/C17H18F3N3O3S/c1-27(25,26)23-15-8-3-2-5-12(15)10-22-16(24)11-21-14-7-4-6-13(9-14)17(18,19)20/h2-9,21,23H,10-11H2,1H3,(H,22,24). The number of benzene rings is 2. The molecule has 0 fully saturated rings. The van der Waals surface area contributed by atoms with Crippen LogP contribution in [0.25, 0.3) is 0 Å². The van der Waals surface area contributed by atoms with Gasteiger partial charge in [-0.05, 0) is 29.8 Å². The molecule has 0 unspecified atom stereocenters. The van der Waals surface area contributed by atoms with Crippen molar-refractivity contribution in [3.8, 4) is 0 Å². The minimum atomic E-state index is -4.46. The second-order valence-corrected chi connectivity index (χ2v) is 7.49. The van der Waals surface area contributed by atoms with E-state index in [1.807, 2.05) is 0 Å². The lowest BCUT2D eigenvalue weighted by Gasteiger charge is -2.13. The van der Waals surface area contributed by atoms with Gasteiger partial charge in [-0.25, -0.2) is 8.42 Å². The van der Waals surface area contributed by atoms with Crippen LogP contribution in [0.4, 0.5) is 24.5 Å². The van der Waals surface area contributed by atoms with Gasteiger partial charge in [0.25, 0.3) is 0 Å². The van der Waals surface area contributed by atoms with Gasteiger partial charge in [-0.3, -0.25) is 9.52 Å². The van der Waals surface area contributed by atoms with Gasteiger partial charge in [0.2, 0.25) is 15.9 Å². The first kappa shape index (κ1) is 20.6. The molecule has 0 spiro atoms. The van der Waals surface area contributed by atoms with Crippen molar-refractivity contribution in [2.24, 2.45) is 0 Å². The number of anilines is 2. The molecular formula is C17H18F3N3O3S. The molecule has 27 heavy (non-hydrogen) atoms. The topological polar surface area (TPSA) is 87.3 Å². The van der Waals surface area contributed by atoms with Gasteiger partial charge >= 0.3 is 6.18 Å². The molecule has 6 nitrogen and oxygen atoms in total. The molecule has 0 radical (unpaired) electrons. The van der Waals surface area contributed by atoms with E-state index in [-0.39, 0.29) is 18.8 Å². The Kier molecular flexibility index (Phi) is 6.32. The monoisotopic (exact) mass is 401 g/mol. The van der Waals surface area contributed by atoms with Crippen molar-refractivity contribution < 1.29 is 26.4 Å². The summed E-state index contributed by atoms with van der Waals surface area (Å²) in [6.45, 7) is -0.176. The molecule has 0 aliphatic heterocycles. The van der Waals surface area contributed by atoms with E-state index >= 15 is 0 Å². The molecule has 0 heterocycles. The Morgan fingerprint density at radius 3 is 2.44 bits per heavy atom. The van der Waals surface area contributed by atoms with Gasteiger partial charge < -0.3 is 10.6 Å². The van der Waals surface area contributed by atoms with Crippen LogP contribution in [0.2, 0.25) is 0 Å². The van der Waals surface area contributed by atoms with Crippen molar-refractivity contribution in [1.82, 2.24) is 5.32 Å². The number of sulfonamides is 1. The zero-order valence-corrected chi connectivity index (χ0v) is 15.1. The number of alkyl halides is 3. The lowest BCUT2D eigenvalue weighted by Crippen LogP contribution is -2.29. The SMILES string of the molecule is CS(=O)(=O)Nc1ccccc1CNC(=O)CNc1cccc(C(F)(F)F)c1. The van der Waals surface area contributed by atoms with Crippen LogP contribution in [0.1, 0.15) is 11.1 Å². The summed E-state index contributed by atoms with van der Waals surface area (Å²) in [7, 11) is -3.47. The van der Waals surface area contributed by atoms with Gasteiger partial charge in [0.1, 0.15) is 0 Å². The Balaban J connectivity index is 1.93.